The zero-order valence-corrected chi connectivity index (χ0v) is 14.6. The molecule has 15 heteroatoms. The van der Waals surface area contributed by atoms with Crippen molar-refractivity contribution >= 4 is 17.6 Å². The average molecular weight is 431 g/mol. The van der Waals surface area contributed by atoms with E-state index in [1.165, 1.54) is 0 Å². The number of hydrogen-bond acceptors (Lipinski definition) is 7. The third-order valence-electron chi connectivity index (χ3n) is 3.50. The normalized spacial score (nSPS) is 14.4. The summed E-state index contributed by atoms with van der Waals surface area (Å²) >= 11 is 0. The Kier molecular flexibility index (Phi) is 5.99. The molecule has 4 N–H and O–H groups in total. The van der Waals surface area contributed by atoms with Crippen LogP contribution in [-0.4, -0.2) is 44.4 Å². The van der Waals surface area contributed by atoms with Gasteiger partial charge in [-0.15, -0.1) is 0 Å². The van der Waals surface area contributed by atoms with Crippen molar-refractivity contribution in [3.63, 3.8) is 0 Å². The molecule has 0 saturated carbocycles. The van der Waals surface area contributed by atoms with Gasteiger partial charge in [-0.3, -0.25) is 0 Å². The number of nitrogens with two attached hydrogens (primary N) is 1. The van der Waals surface area contributed by atoms with E-state index in [1.807, 2.05) is 10.6 Å². The molecule has 0 radical (unpaired) electrons. The highest BCUT2D eigenvalue weighted by Gasteiger charge is 2.38. The fourth-order valence-electron chi connectivity index (χ4n) is 1.78. The van der Waals surface area contributed by atoms with Crippen LogP contribution in [0.25, 0.3) is 11.5 Å². The first-order valence-corrected chi connectivity index (χ1v) is 7.73. The molecule has 2 aromatic rings. The van der Waals surface area contributed by atoms with Crippen LogP contribution < -0.4 is 16.4 Å². The van der Waals surface area contributed by atoms with E-state index in [0.29, 0.717) is 19.9 Å². The molecule has 0 aliphatic rings. The van der Waals surface area contributed by atoms with E-state index >= 15 is 0 Å². The average Bonchev–Trinajstić information content (AvgIpc) is 2.57. The van der Waals surface area contributed by atoms with Gasteiger partial charge in [0.05, 0.1) is 0 Å². The smallest absolute Gasteiger partial charge is 0.393 e. The SMILES string of the molecule is CC(Nc1nc(NC(C)C(F)(F)F)nc(-c2cc(F)c(N)c(F)n2)n1)C(F)(F)F. The maximum atomic E-state index is 13.7. The molecule has 0 amide bonds. The maximum absolute atomic E-state index is 13.7. The lowest BCUT2D eigenvalue weighted by Crippen LogP contribution is -2.35. The second-order valence-electron chi connectivity index (χ2n) is 5.82. The fourth-order valence-corrected chi connectivity index (χ4v) is 1.78. The van der Waals surface area contributed by atoms with E-state index in [0.717, 1.165) is 0 Å². The number of nitrogens with one attached hydrogen (secondary N) is 2. The van der Waals surface area contributed by atoms with Gasteiger partial charge < -0.3 is 16.4 Å². The van der Waals surface area contributed by atoms with Crippen LogP contribution in [0, 0.1) is 11.8 Å². The Balaban J connectivity index is 2.52. The first-order valence-electron chi connectivity index (χ1n) is 7.73. The Morgan fingerprint density at radius 2 is 1.28 bits per heavy atom. The summed E-state index contributed by atoms with van der Waals surface area (Å²) in [5.41, 5.74) is 3.52. The van der Waals surface area contributed by atoms with Gasteiger partial charge in [0.2, 0.25) is 17.8 Å². The lowest BCUT2D eigenvalue weighted by molar-refractivity contribution is -0.139. The Bertz CT molecular complexity index is 820. The number of anilines is 3. The van der Waals surface area contributed by atoms with E-state index in [9.17, 15) is 35.1 Å². The van der Waals surface area contributed by atoms with Gasteiger partial charge in [-0.1, -0.05) is 0 Å². The Morgan fingerprint density at radius 1 is 0.828 bits per heavy atom. The molecule has 2 rings (SSSR count). The van der Waals surface area contributed by atoms with Crippen LogP contribution in [0.15, 0.2) is 6.07 Å². The molecule has 0 fully saturated rings. The summed E-state index contributed by atoms with van der Waals surface area (Å²) < 4.78 is 104. The number of alkyl halides is 6. The summed E-state index contributed by atoms with van der Waals surface area (Å²) in [6, 6.07) is -3.82. The predicted molar refractivity (Wildman–Crippen MR) is 85.7 cm³/mol. The van der Waals surface area contributed by atoms with Gasteiger partial charge in [-0.2, -0.15) is 45.7 Å². The van der Waals surface area contributed by atoms with Crippen molar-refractivity contribution in [3.8, 4) is 11.5 Å². The Morgan fingerprint density at radius 3 is 1.66 bits per heavy atom. The van der Waals surface area contributed by atoms with E-state index < -0.39 is 65.3 Å². The van der Waals surface area contributed by atoms with E-state index in [2.05, 4.69) is 19.9 Å². The summed E-state index contributed by atoms with van der Waals surface area (Å²) in [6.07, 6.45) is -9.48. The lowest BCUT2D eigenvalue weighted by atomic mass is 10.3. The molecule has 0 aliphatic heterocycles. The van der Waals surface area contributed by atoms with Gasteiger partial charge in [-0.05, 0) is 13.8 Å². The second-order valence-corrected chi connectivity index (χ2v) is 5.82. The molecule has 0 bridgehead atoms. The molecule has 29 heavy (non-hydrogen) atoms. The van der Waals surface area contributed by atoms with Gasteiger partial charge in [0.25, 0.3) is 0 Å². The zero-order chi connectivity index (χ0) is 22.1. The van der Waals surface area contributed by atoms with Crippen LogP contribution in [0.1, 0.15) is 13.8 Å². The highest BCUT2D eigenvalue weighted by Crippen LogP contribution is 2.26. The van der Waals surface area contributed by atoms with Crippen LogP contribution in [-0.2, 0) is 0 Å². The summed E-state index contributed by atoms with van der Waals surface area (Å²) in [5.74, 6) is -5.01. The summed E-state index contributed by atoms with van der Waals surface area (Å²) in [6.45, 7) is 1.41. The second kappa shape index (κ2) is 7.79. The van der Waals surface area contributed by atoms with Crippen molar-refractivity contribution in [3.05, 3.63) is 17.8 Å². The molecule has 0 aliphatic carbocycles. The third-order valence-corrected chi connectivity index (χ3v) is 3.50. The van der Waals surface area contributed by atoms with Crippen molar-refractivity contribution < 1.29 is 35.1 Å². The first kappa shape index (κ1) is 22.3. The number of pyridine rings is 1. The minimum absolute atomic E-state index is 0.571. The monoisotopic (exact) mass is 431 g/mol. The maximum Gasteiger partial charge on any atom is 0.408 e. The molecule has 2 aromatic heterocycles. The standard InChI is InChI=1S/C14H13F8N7/c1-4(13(17,18)19)24-11-27-10(7-3-6(15)8(23)9(16)26-7)28-12(29-11)25-5(2)14(20,21)22/h3-5H,23H2,1-2H3,(H2,24,25,27,28,29). The lowest BCUT2D eigenvalue weighted by Gasteiger charge is -2.20. The number of nitrogen functional groups attached to an aromatic ring is 1. The molecular weight excluding hydrogens is 418 g/mol. The summed E-state index contributed by atoms with van der Waals surface area (Å²) in [4.78, 5) is 13.8. The van der Waals surface area contributed by atoms with Crippen LogP contribution >= 0.6 is 0 Å². The van der Waals surface area contributed by atoms with E-state index in [1.54, 1.807) is 0 Å². The van der Waals surface area contributed by atoms with Gasteiger partial charge in [0.15, 0.2) is 11.6 Å². The molecule has 0 saturated heterocycles. The Labute approximate surface area is 157 Å². The van der Waals surface area contributed by atoms with E-state index in [4.69, 9.17) is 5.73 Å². The van der Waals surface area contributed by atoms with Gasteiger partial charge in [-0.25, -0.2) is 9.37 Å². The molecule has 2 unspecified atom stereocenters. The van der Waals surface area contributed by atoms with Crippen molar-refractivity contribution in [1.29, 1.82) is 0 Å². The van der Waals surface area contributed by atoms with Crippen LogP contribution in [0.3, 0.4) is 0 Å². The summed E-state index contributed by atoms with van der Waals surface area (Å²) in [7, 11) is 0. The summed E-state index contributed by atoms with van der Waals surface area (Å²) in [5, 5.41) is 3.67. The van der Waals surface area contributed by atoms with Crippen molar-refractivity contribution in [2.24, 2.45) is 0 Å². The molecule has 7 nitrogen and oxygen atoms in total. The molecule has 2 atom stereocenters. The predicted octanol–water partition coefficient (Wildman–Crippen LogP) is 3.52. The van der Waals surface area contributed by atoms with Crippen LogP contribution in [0.5, 0.6) is 0 Å². The number of hydrogen-bond donors (Lipinski definition) is 3. The topological polar surface area (TPSA) is 102 Å². The highest BCUT2D eigenvalue weighted by molar-refractivity contribution is 5.57. The third kappa shape index (κ3) is 5.51. The minimum atomic E-state index is -4.74. The van der Waals surface area contributed by atoms with Crippen molar-refractivity contribution in [2.45, 2.75) is 38.3 Å². The number of halogens is 8. The largest absolute Gasteiger partial charge is 0.408 e. The van der Waals surface area contributed by atoms with Crippen LogP contribution in [0.2, 0.25) is 0 Å². The number of rotatable bonds is 5. The molecule has 160 valence electrons. The first-order chi connectivity index (χ1) is 13.2. The van der Waals surface area contributed by atoms with Crippen LogP contribution in [0.4, 0.5) is 52.7 Å². The fraction of sp³-hybridized carbons (Fsp3) is 0.429. The minimum Gasteiger partial charge on any atom is -0.393 e. The van der Waals surface area contributed by atoms with Gasteiger partial charge >= 0.3 is 12.4 Å². The number of nitrogens with zero attached hydrogens (tertiary/aromatic N) is 4. The quantitative estimate of drug-likeness (QED) is 0.492. The molecule has 2 heterocycles. The highest BCUT2D eigenvalue weighted by atomic mass is 19.4. The zero-order valence-electron chi connectivity index (χ0n) is 14.6. The van der Waals surface area contributed by atoms with Crippen molar-refractivity contribution in [2.75, 3.05) is 16.4 Å². The van der Waals surface area contributed by atoms with Gasteiger partial charge in [0, 0.05) is 6.07 Å². The molecular formula is C14H13F8N7. The Hall–Kier alpha value is -3.00. The number of aromatic nitrogens is 4. The van der Waals surface area contributed by atoms with Crippen molar-refractivity contribution in [1.82, 2.24) is 19.9 Å². The van der Waals surface area contributed by atoms with E-state index in [-0.39, 0.29) is 0 Å². The van der Waals surface area contributed by atoms with Gasteiger partial charge in [0.1, 0.15) is 23.5 Å². The molecule has 0 spiro atoms. The molecule has 0 aromatic carbocycles.